The normalized spacial score (nSPS) is 11.1. The monoisotopic (exact) mass is 323 g/mol. The summed E-state index contributed by atoms with van der Waals surface area (Å²) in [5, 5.41) is 4.40. The van der Waals surface area contributed by atoms with E-state index in [1.807, 2.05) is 49.3 Å². The van der Waals surface area contributed by atoms with E-state index in [4.69, 9.17) is 4.74 Å². The van der Waals surface area contributed by atoms with Gasteiger partial charge in [0.05, 0.1) is 12.8 Å². The van der Waals surface area contributed by atoms with Gasteiger partial charge in [0.15, 0.2) is 5.82 Å². The minimum absolute atomic E-state index is 0.326. The molecule has 0 bridgehead atoms. The molecular formula is C17H17N5O2. The molecule has 2 aromatic heterocycles. The fraction of sp³-hybridized carbons (Fsp3) is 0.176. The fourth-order valence-electron chi connectivity index (χ4n) is 2.16. The second kappa shape index (κ2) is 6.49. The highest BCUT2D eigenvalue weighted by Gasteiger charge is 2.16. The Morgan fingerprint density at radius 3 is 2.62 bits per heavy atom. The molecule has 7 nitrogen and oxygen atoms in total. The highest BCUT2D eigenvalue weighted by atomic mass is 16.5. The third-order valence-electron chi connectivity index (χ3n) is 3.33. The molecule has 7 heteroatoms. The topological polar surface area (TPSA) is 72.6 Å². The van der Waals surface area contributed by atoms with Crippen LogP contribution in [-0.2, 0) is 4.74 Å². The fourth-order valence-corrected chi connectivity index (χ4v) is 2.16. The predicted octanol–water partition coefficient (Wildman–Crippen LogP) is 2.11. The van der Waals surface area contributed by atoms with E-state index in [9.17, 15) is 4.79 Å². The number of hydrogen-bond donors (Lipinski definition) is 0. The number of fused-ring (bicyclic) bond motifs is 1. The maximum Gasteiger partial charge on any atom is 0.341 e. The Hall–Kier alpha value is -3.22. The van der Waals surface area contributed by atoms with Crippen LogP contribution in [0.25, 0.3) is 23.2 Å². The average Bonchev–Trinajstić information content (AvgIpc) is 3.02. The van der Waals surface area contributed by atoms with Crippen LogP contribution in [-0.4, -0.2) is 51.7 Å². The molecule has 0 N–H and O–H groups in total. The van der Waals surface area contributed by atoms with Crippen LogP contribution in [0, 0.1) is 0 Å². The second-order valence-corrected chi connectivity index (χ2v) is 5.36. The van der Waals surface area contributed by atoms with Gasteiger partial charge < -0.3 is 9.64 Å². The molecule has 24 heavy (non-hydrogen) atoms. The van der Waals surface area contributed by atoms with Crippen molar-refractivity contribution in [2.24, 2.45) is 0 Å². The molecule has 3 aromatic rings. The number of esters is 1. The molecule has 0 spiro atoms. The number of carbonyl (C=O) groups excluding carboxylic acids is 1. The molecule has 0 amide bonds. The molecule has 122 valence electrons. The van der Waals surface area contributed by atoms with Crippen LogP contribution in [0.3, 0.4) is 0 Å². The van der Waals surface area contributed by atoms with E-state index < -0.39 is 5.97 Å². The summed E-state index contributed by atoms with van der Waals surface area (Å²) >= 11 is 0. The van der Waals surface area contributed by atoms with Crippen molar-refractivity contribution in [2.75, 3.05) is 21.2 Å². The summed E-state index contributed by atoms with van der Waals surface area (Å²) in [6.07, 6.45) is 5.13. The van der Waals surface area contributed by atoms with Gasteiger partial charge in [-0.1, -0.05) is 30.3 Å². The summed E-state index contributed by atoms with van der Waals surface area (Å²) < 4.78 is 6.32. The van der Waals surface area contributed by atoms with Crippen LogP contribution < -0.4 is 0 Å². The van der Waals surface area contributed by atoms with E-state index in [0.717, 1.165) is 5.56 Å². The SMILES string of the molecule is COC(=O)c1cn2nc(-c3ccccc3)nc2nc1/C=C/N(C)C. The molecule has 0 aliphatic heterocycles. The summed E-state index contributed by atoms with van der Waals surface area (Å²) in [6, 6.07) is 9.60. The van der Waals surface area contributed by atoms with Crippen LogP contribution >= 0.6 is 0 Å². The first-order valence-electron chi connectivity index (χ1n) is 7.34. The van der Waals surface area contributed by atoms with Crippen molar-refractivity contribution < 1.29 is 9.53 Å². The van der Waals surface area contributed by atoms with E-state index >= 15 is 0 Å². The van der Waals surface area contributed by atoms with Crippen molar-refractivity contribution >= 4 is 17.8 Å². The Labute approximate surface area is 139 Å². The molecule has 0 aliphatic rings. The van der Waals surface area contributed by atoms with E-state index in [-0.39, 0.29) is 0 Å². The second-order valence-electron chi connectivity index (χ2n) is 5.36. The van der Waals surface area contributed by atoms with Crippen molar-refractivity contribution in [3.63, 3.8) is 0 Å². The maximum absolute atomic E-state index is 12.0. The Bertz CT molecular complexity index is 900. The van der Waals surface area contributed by atoms with Gasteiger partial charge in [0.2, 0.25) is 0 Å². The lowest BCUT2D eigenvalue weighted by Crippen LogP contribution is -2.09. The number of carbonyl (C=O) groups is 1. The lowest BCUT2D eigenvalue weighted by molar-refractivity contribution is 0.0599. The molecule has 2 heterocycles. The first-order chi connectivity index (χ1) is 11.6. The maximum atomic E-state index is 12.0. The van der Waals surface area contributed by atoms with Gasteiger partial charge in [-0.2, -0.15) is 4.98 Å². The van der Waals surface area contributed by atoms with Crippen molar-refractivity contribution in [1.29, 1.82) is 0 Å². The number of benzene rings is 1. The zero-order chi connectivity index (χ0) is 17.1. The molecule has 0 atom stereocenters. The zero-order valence-electron chi connectivity index (χ0n) is 13.7. The Balaban J connectivity index is 2.14. The molecule has 0 radical (unpaired) electrons. The summed E-state index contributed by atoms with van der Waals surface area (Å²) in [6.45, 7) is 0. The average molecular weight is 323 g/mol. The zero-order valence-corrected chi connectivity index (χ0v) is 13.7. The van der Waals surface area contributed by atoms with Crippen molar-refractivity contribution in [1.82, 2.24) is 24.5 Å². The first kappa shape index (κ1) is 15.7. The smallest absolute Gasteiger partial charge is 0.341 e. The number of hydrogen-bond acceptors (Lipinski definition) is 6. The molecule has 0 fully saturated rings. The van der Waals surface area contributed by atoms with Crippen LogP contribution in [0.5, 0.6) is 0 Å². The summed E-state index contributed by atoms with van der Waals surface area (Å²) in [5.74, 6) is 0.493. The van der Waals surface area contributed by atoms with E-state index in [1.165, 1.54) is 11.6 Å². The Morgan fingerprint density at radius 2 is 1.96 bits per heavy atom. The van der Waals surface area contributed by atoms with Gasteiger partial charge in [-0.15, -0.1) is 5.10 Å². The van der Waals surface area contributed by atoms with Gasteiger partial charge in [-0.05, 0) is 6.08 Å². The van der Waals surface area contributed by atoms with Crippen LogP contribution in [0.1, 0.15) is 16.1 Å². The van der Waals surface area contributed by atoms with Crippen molar-refractivity contribution in [2.45, 2.75) is 0 Å². The molecule has 0 aliphatic carbocycles. The lowest BCUT2D eigenvalue weighted by atomic mass is 10.2. The third-order valence-corrected chi connectivity index (χ3v) is 3.33. The number of nitrogens with zero attached hydrogens (tertiary/aromatic N) is 5. The third kappa shape index (κ3) is 3.10. The van der Waals surface area contributed by atoms with Gasteiger partial charge in [-0.3, -0.25) is 0 Å². The predicted molar refractivity (Wildman–Crippen MR) is 90.3 cm³/mol. The Kier molecular flexibility index (Phi) is 4.24. The van der Waals surface area contributed by atoms with Gasteiger partial charge in [0.25, 0.3) is 5.78 Å². The number of methoxy groups -OCH3 is 1. The van der Waals surface area contributed by atoms with Crippen LogP contribution in [0.15, 0.2) is 42.7 Å². The highest BCUT2D eigenvalue weighted by Crippen LogP contribution is 2.17. The van der Waals surface area contributed by atoms with Crippen molar-refractivity contribution in [3.8, 4) is 11.4 Å². The number of ether oxygens (including phenoxy) is 1. The van der Waals surface area contributed by atoms with Gasteiger partial charge >= 0.3 is 5.97 Å². The summed E-state index contributed by atoms with van der Waals surface area (Å²) in [4.78, 5) is 22.8. The molecule has 0 saturated heterocycles. The van der Waals surface area contributed by atoms with Crippen molar-refractivity contribution in [3.05, 3.63) is 54.0 Å². The lowest BCUT2D eigenvalue weighted by Gasteiger charge is -2.06. The summed E-state index contributed by atoms with van der Waals surface area (Å²) in [7, 11) is 5.11. The van der Waals surface area contributed by atoms with E-state index in [1.54, 1.807) is 18.5 Å². The molecule has 0 saturated carbocycles. The standard InChI is InChI=1S/C17H17N5O2/c1-21(2)10-9-14-13(16(23)24-3)11-22-17(18-14)19-15(20-22)12-7-5-4-6-8-12/h4-11H,1-3H3/b10-9+. The quantitative estimate of drug-likeness (QED) is 0.685. The minimum atomic E-state index is -0.473. The largest absolute Gasteiger partial charge is 0.465 e. The highest BCUT2D eigenvalue weighted by molar-refractivity contribution is 5.92. The first-order valence-corrected chi connectivity index (χ1v) is 7.34. The number of rotatable bonds is 4. The Morgan fingerprint density at radius 1 is 1.21 bits per heavy atom. The minimum Gasteiger partial charge on any atom is -0.465 e. The summed E-state index contributed by atoms with van der Waals surface area (Å²) in [5.41, 5.74) is 1.69. The molecule has 1 aromatic carbocycles. The van der Waals surface area contributed by atoms with Gasteiger partial charge in [0.1, 0.15) is 5.56 Å². The van der Waals surface area contributed by atoms with Gasteiger partial charge in [0, 0.05) is 32.1 Å². The van der Waals surface area contributed by atoms with E-state index in [2.05, 4.69) is 15.1 Å². The van der Waals surface area contributed by atoms with Crippen LogP contribution in [0.2, 0.25) is 0 Å². The van der Waals surface area contributed by atoms with Crippen LogP contribution in [0.4, 0.5) is 0 Å². The molecule has 3 rings (SSSR count). The van der Waals surface area contributed by atoms with Gasteiger partial charge in [-0.25, -0.2) is 14.3 Å². The molecule has 0 unspecified atom stereocenters. The number of aromatic nitrogens is 4. The molecular weight excluding hydrogens is 306 g/mol. The van der Waals surface area contributed by atoms with E-state index in [0.29, 0.717) is 22.9 Å².